The summed E-state index contributed by atoms with van der Waals surface area (Å²) in [6, 6.07) is 1.77. The lowest BCUT2D eigenvalue weighted by Crippen LogP contribution is -2.37. The van der Waals surface area contributed by atoms with Gasteiger partial charge >= 0.3 is 0 Å². The number of sulfonamides is 1. The topological polar surface area (TPSA) is 63.4 Å². The van der Waals surface area contributed by atoms with Gasteiger partial charge in [0.2, 0.25) is 10.0 Å². The second-order valence-electron chi connectivity index (χ2n) is 5.19. The molecule has 0 heterocycles. The summed E-state index contributed by atoms with van der Waals surface area (Å²) in [5, 5.41) is 0. The molecule has 4 nitrogen and oxygen atoms in total. The van der Waals surface area contributed by atoms with E-state index in [1.54, 1.807) is 25.7 Å². The van der Waals surface area contributed by atoms with Crippen LogP contribution < -0.4 is 5.73 Å². The van der Waals surface area contributed by atoms with Gasteiger partial charge in [-0.3, -0.25) is 0 Å². The minimum absolute atomic E-state index is 0.0597. The summed E-state index contributed by atoms with van der Waals surface area (Å²) in [6.07, 6.45) is 1.97. The molecular weight excluding hydrogens is 292 g/mol. The molecule has 0 aliphatic heterocycles. The number of nitrogen functional groups attached to an aromatic ring is 1. The summed E-state index contributed by atoms with van der Waals surface area (Å²) >= 11 is 1.63. The van der Waals surface area contributed by atoms with E-state index in [4.69, 9.17) is 5.73 Å². The molecule has 0 amide bonds. The van der Waals surface area contributed by atoms with E-state index >= 15 is 0 Å². The van der Waals surface area contributed by atoms with Gasteiger partial charge in [0.05, 0.1) is 4.90 Å². The summed E-state index contributed by atoms with van der Waals surface area (Å²) in [7, 11) is -1.89. The lowest BCUT2D eigenvalue weighted by molar-refractivity contribution is 0.414. The molecule has 20 heavy (non-hydrogen) atoms. The van der Waals surface area contributed by atoms with Gasteiger partial charge in [0.25, 0.3) is 0 Å². The molecule has 1 rings (SSSR count). The first-order chi connectivity index (χ1) is 9.14. The van der Waals surface area contributed by atoms with Crippen molar-refractivity contribution in [2.24, 2.45) is 0 Å². The third-order valence-electron chi connectivity index (χ3n) is 3.74. The number of anilines is 1. The highest BCUT2D eigenvalue weighted by atomic mass is 32.2. The van der Waals surface area contributed by atoms with Crippen LogP contribution in [0.3, 0.4) is 0 Å². The van der Waals surface area contributed by atoms with Gasteiger partial charge in [-0.1, -0.05) is 0 Å². The molecule has 6 heteroatoms. The highest BCUT2D eigenvalue weighted by Gasteiger charge is 2.29. The van der Waals surface area contributed by atoms with Crippen LogP contribution in [-0.4, -0.2) is 37.8 Å². The summed E-state index contributed by atoms with van der Waals surface area (Å²) in [6.45, 7) is 7.40. The molecule has 0 bridgehead atoms. The van der Waals surface area contributed by atoms with Crippen molar-refractivity contribution in [3.05, 3.63) is 22.8 Å². The van der Waals surface area contributed by atoms with E-state index in [0.29, 0.717) is 16.1 Å². The van der Waals surface area contributed by atoms with Crippen LogP contribution in [0.1, 0.15) is 23.6 Å². The molecule has 0 aliphatic rings. The molecule has 0 aliphatic carbocycles. The van der Waals surface area contributed by atoms with E-state index in [-0.39, 0.29) is 6.04 Å². The highest BCUT2D eigenvalue weighted by molar-refractivity contribution is 7.98. The Morgan fingerprint density at radius 1 is 1.30 bits per heavy atom. The zero-order chi connectivity index (χ0) is 15.7. The van der Waals surface area contributed by atoms with Crippen molar-refractivity contribution >= 4 is 27.5 Å². The average Bonchev–Trinajstić information content (AvgIpc) is 2.35. The molecule has 0 fully saturated rings. The number of hydrogen-bond acceptors (Lipinski definition) is 4. The molecule has 1 unspecified atom stereocenters. The largest absolute Gasteiger partial charge is 0.398 e. The molecule has 1 atom stereocenters. The molecule has 1 aromatic carbocycles. The number of rotatable bonds is 5. The second kappa shape index (κ2) is 6.37. The molecule has 0 saturated heterocycles. The molecule has 114 valence electrons. The Kier molecular flexibility index (Phi) is 5.52. The van der Waals surface area contributed by atoms with Crippen LogP contribution in [0.25, 0.3) is 0 Å². The van der Waals surface area contributed by atoms with Crippen molar-refractivity contribution in [1.82, 2.24) is 4.31 Å². The van der Waals surface area contributed by atoms with Gasteiger partial charge in [-0.25, -0.2) is 8.42 Å². The van der Waals surface area contributed by atoms with Crippen LogP contribution in [-0.2, 0) is 10.0 Å². The fourth-order valence-corrected chi connectivity index (χ4v) is 4.84. The number of thioether (sulfide) groups is 1. The fraction of sp³-hybridized carbons (Fsp3) is 0.571. The van der Waals surface area contributed by atoms with E-state index < -0.39 is 10.0 Å². The normalized spacial score (nSPS) is 13.8. The first-order valence-electron chi connectivity index (χ1n) is 6.47. The quantitative estimate of drug-likeness (QED) is 0.848. The lowest BCUT2D eigenvalue weighted by atomic mass is 10.1. The van der Waals surface area contributed by atoms with E-state index in [0.717, 1.165) is 16.9 Å². The second-order valence-corrected chi connectivity index (χ2v) is 8.03. The minimum atomic E-state index is -3.53. The summed E-state index contributed by atoms with van der Waals surface area (Å²) < 4.78 is 27.2. The van der Waals surface area contributed by atoms with Crippen LogP contribution in [0, 0.1) is 20.8 Å². The number of benzene rings is 1. The SMILES string of the molecule is CSCC(C)N(C)S(=O)(=O)c1c(C)c(C)cc(N)c1C. The smallest absolute Gasteiger partial charge is 0.243 e. The Morgan fingerprint density at radius 3 is 2.35 bits per heavy atom. The number of nitrogens with two attached hydrogens (primary N) is 1. The first kappa shape index (κ1) is 17.3. The molecule has 1 aromatic rings. The van der Waals surface area contributed by atoms with Crippen molar-refractivity contribution in [1.29, 1.82) is 0 Å². The lowest BCUT2D eigenvalue weighted by Gasteiger charge is -2.26. The van der Waals surface area contributed by atoms with E-state index in [2.05, 4.69) is 0 Å². The Morgan fingerprint density at radius 2 is 1.85 bits per heavy atom. The predicted octanol–water partition coefficient (Wildman–Crippen LogP) is 2.57. The molecule has 0 spiro atoms. The zero-order valence-electron chi connectivity index (χ0n) is 13.0. The van der Waals surface area contributed by atoms with E-state index in [1.165, 1.54) is 4.31 Å². The summed E-state index contributed by atoms with van der Waals surface area (Å²) in [4.78, 5) is 0.352. The van der Waals surface area contributed by atoms with Gasteiger partial charge in [-0.2, -0.15) is 16.1 Å². The monoisotopic (exact) mass is 316 g/mol. The van der Waals surface area contributed by atoms with Gasteiger partial charge in [0.15, 0.2) is 0 Å². The van der Waals surface area contributed by atoms with Gasteiger partial charge in [-0.15, -0.1) is 0 Å². The van der Waals surface area contributed by atoms with Crippen molar-refractivity contribution in [3.8, 4) is 0 Å². The van der Waals surface area contributed by atoms with Crippen LogP contribution in [0.4, 0.5) is 5.69 Å². The Balaban J connectivity index is 3.43. The maximum Gasteiger partial charge on any atom is 0.243 e. The van der Waals surface area contributed by atoms with Crippen molar-refractivity contribution in [3.63, 3.8) is 0 Å². The van der Waals surface area contributed by atoms with Crippen LogP contribution in [0.5, 0.6) is 0 Å². The van der Waals surface area contributed by atoms with E-state index in [1.807, 2.05) is 33.1 Å². The Bertz CT molecular complexity index is 571. The average molecular weight is 316 g/mol. The third-order valence-corrected chi connectivity index (χ3v) is 6.81. The molecular formula is C14H24N2O2S2. The first-order valence-corrected chi connectivity index (χ1v) is 9.31. The summed E-state index contributed by atoms with van der Waals surface area (Å²) in [5.41, 5.74) is 8.77. The third kappa shape index (κ3) is 3.13. The minimum Gasteiger partial charge on any atom is -0.398 e. The maximum absolute atomic E-state index is 12.9. The fourth-order valence-electron chi connectivity index (χ4n) is 2.16. The maximum atomic E-state index is 12.9. The van der Waals surface area contributed by atoms with Crippen molar-refractivity contribution < 1.29 is 8.42 Å². The predicted molar refractivity (Wildman–Crippen MR) is 87.9 cm³/mol. The van der Waals surface area contributed by atoms with Gasteiger partial charge in [-0.05, 0) is 56.7 Å². The van der Waals surface area contributed by atoms with E-state index in [9.17, 15) is 8.42 Å². The molecule has 0 saturated carbocycles. The van der Waals surface area contributed by atoms with Crippen molar-refractivity contribution in [2.75, 3.05) is 24.8 Å². The van der Waals surface area contributed by atoms with Gasteiger partial charge in [0, 0.05) is 24.5 Å². The van der Waals surface area contributed by atoms with Gasteiger partial charge < -0.3 is 5.73 Å². The molecule has 2 N–H and O–H groups in total. The summed E-state index contributed by atoms with van der Waals surface area (Å²) in [5.74, 6) is 0.759. The van der Waals surface area contributed by atoms with Crippen LogP contribution in [0.15, 0.2) is 11.0 Å². The number of hydrogen-bond donors (Lipinski definition) is 1. The molecule has 0 radical (unpaired) electrons. The Labute approximate surface area is 126 Å². The van der Waals surface area contributed by atoms with Crippen LogP contribution in [0.2, 0.25) is 0 Å². The zero-order valence-corrected chi connectivity index (χ0v) is 14.7. The molecule has 0 aromatic heterocycles. The Hall–Kier alpha value is -0.720. The standard InChI is InChI=1S/C14H24N2O2S2/c1-9-7-13(15)12(4)14(11(9)3)20(17,18)16(5)10(2)8-19-6/h7,10H,8,15H2,1-6H3. The highest BCUT2D eigenvalue weighted by Crippen LogP contribution is 2.30. The number of nitrogens with zero attached hydrogens (tertiary/aromatic N) is 1. The van der Waals surface area contributed by atoms with Crippen molar-refractivity contribution in [2.45, 2.75) is 38.6 Å². The number of aryl methyl sites for hydroxylation is 1. The van der Waals surface area contributed by atoms with Crippen LogP contribution >= 0.6 is 11.8 Å². The van der Waals surface area contributed by atoms with Gasteiger partial charge in [0.1, 0.15) is 0 Å².